The summed E-state index contributed by atoms with van der Waals surface area (Å²) in [6, 6.07) is 0. The van der Waals surface area contributed by atoms with Crippen molar-refractivity contribution in [3.63, 3.8) is 0 Å². The summed E-state index contributed by atoms with van der Waals surface area (Å²) < 4.78 is 0. The summed E-state index contributed by atoms with van der Waals surface area (Å²) in [5.74, 6) is 0.702. The summed E-state index contributed by atoms with van der Waals surface area (Å²) in [7, 11) is 3.98. The molecular formula is C9H19NO. The van der Waals surface area contributed by atoms with Crippen molar-refractivity contribution < 1.29 is 4.79 Å². The molecule has 1 unspecified atom stereocenters. The number of carbonyl (C=O) groups is 1. The third kappa shape index (κ3) is 4.14. The van der Waals surface area contributed by atoms with Gasteiger partial charge in [-0.15, -0.1) is 0 Å². The molecule has 0 N–H and O–H groups in total. The number of rotatable bonds is 4. The van der Waals surface area contributed by atoms with E-state index in [4.69, 9.17) is 0 Å². The average molecular weight is 157 g/mol. The maximum absolute atomic E-state index is 11.4. The Morgan fingerprint density at radius 2 is 1.73 bits per heavy atom. The number of hydrogen-bond donors (Lipinski definition) is 0. The van der Waals surface area contributed by atoms with Crippen LogP contribution in [0.15, 0.2) is 0 Å². The van der Waals surface area contributed by atoms with Crippen molar-refractivity contribution in [2.75, 3.05) is 20.6 Å². The van der Waals surface area contributed by atoms with E-state index in [1.54, 1.807) is 0 Å². The molecule has 0 saturated heterocycles. The Labute approximate surface area is 69.6 Å². The molecule has 1 atom stereocenters. The van der Waals surface area contributed by atoms with Crippen molar-refractivity contribution in [3.8, 4) is 0 Å². The SMILES string of the molecule is CC(C)C(=O)C(C)CN(C)C. The van der Waals surface area contributed by atoms with E-state index in [9.17, 15) is 4.79 Å². The van der Waals surface area contributed by atoms with Gasteiger partial charge in [0.05, 0.1) is 0 Å². The molecule has 0 aromatic rings. The maximum atomic E-state index is 11.4. The normalized spacial score (nSPS) is 14.1. The number of carbonyl (C=O) groups excluding carboxylic acids is 1. The molecule has 0 aliphatic rings. The van der Waals surface area contributed by atoms with Crippen molar-refractivity contribution >= 4 is 5.78 Å². The molecule has 0 fully saturated rings. The second kappa shape index (κ2) is 4.50. The molecule has 0 saturated carbocycles. The van der Waals surface area contributed by atoms with Gasteiger partial charge in [-0.2, -0.15) is 0 Å². The Kier molecular flexibility index (Phi) is 4.34. The molecule has 0 aliphatic heterocycles. The minimum Gasteiger partial charge on any atom is -0.309 e. The number of Topliss-reactive ketones (excluding diaryl/α,β-unsaturated/α-hetero) is 1. The molecule has 11 heavy (non-hydrogen) atoms. The van der Waals surface area contributed by atoms with Gasteiger partial charge in [0.1, 0.15) is 5.78 Å². The second-order valence-corrected chi connectivity index (χ2v) is 3.72. The van der Waals surface area contributed by atoms with Crippen molar-refractivity contribution in [2.45, 2.75) is 20.8 Å². The van der Waals surface area contributed by atoms with Crippen LogP contribution in [-0.2, 0) is 4.79 Å². The minimum absolute atomic E-state index is 0.171. The predicted molar refractivity (Wildman–Crippen MR) is 47.6 cm³/mol. The van der Waals surface area contributed by atoms with Crippen LogP contribution in [0.4, 0.5) is 0 Å². The van der Waals surface area contributed by atoms with E-state index in [1.165, 1.54) is 0 Å². The van der Waals surface area contributed by atoms with Gasteiger partial charge in [0.25, 0.3) is 0 Å². The lowest BCUT2D eigenvalue weighted by Gasteiger charge is -2.17. The topological polar surface area (TPSA) is 20.3 Å². The molecule has 0 rings (SSSR count). The highest BCUT2D eigenvalue weighted by molar-refractivity contribution is 5.82. The van der Waals surface area contributed by atoms with Gasteiger partial charge in [-0.1, -0.05) is 20.8 Å². The van der Waals surface area contributed by atoms with Crippen LogP contribution in [0.5, 0.6) is 0 Å². The van der Waals surface area contributed by atoms with Gasteiger partial charge in [0.2, 0.25) is 0 Å². The fraction of sp³-hybridized carbons (Fsp3) is 0.889. The predicted octanol–water partition coefficient (Wildman–Crippen LogP) is 1.41. The Morgan fingerprint density at radius 3 is 2.00 bits per heavy atom. The number of hydrogen-bond acceptors (Lipinski definition) is 2. The first-order chi connectivity index (χ1) is 4.95. The second-order valence-electron chi connectivity index (χ2n) is 3.72. The van der Waals surface area contributed by atoms with Gasteiger partial charge in [0, 0.05) is 18.4 Å². The van der Waals surface area contributed by atoms with Crippen molar-refractivity contribution in [3.05, 3.63) is 0 Å². The Hall–Kier alpha value is -0.370. The van der Waals surface area contributed by atoms with E-state index < -0.39 is 0 Å². The van der Waals surface area contributed by atoms with E-state index in [0.29, 0.717) is 5.78 Å². The highest BCUT2D eigenvalue weighted by atomic mass is 16.1. The lowest BCUT2D eigenvalue weighted by Crippen LogP contribution is -2.28. The van der Waals surface area contributed by atoms with Gasteiger partial charge in [0.15, 0.2) is 0 Å². The lowest BCUT2D eigenvalue weighted by atomic mass is 9.97. The van der Waals surface area contributed by atoms with E-state index in [1.807, 2.05) is 39.8 Å². The van der Waals surface area contributed by atoms with Crippen LogP contribution in [0.3, 0.4) is 0 Å². The molecule has 2 heteroatoms. The molecule has 0 aromatic carbocycles. The van der Waals surface area contributed by atoms with Gasteiger partial charge in [-0.05, 0) is 14.1 Å². The first kappa shape index (κ1) is 10.6. The first-order valence-electron chi connectivity index (χ1n) is 4.13. The molecule has 0 radical (unpaired) electrons. The van der Waals surface area contributed by atoms with Gasteiger partial charge in [-0.3, -0.25) is 4.79 Å². The lowest BCUT2D eigenvalue weighted by molar-refractivity contribution is -0.125. The molecule has 66 valence electrons. The number of nitrogens with zero attached hydrogens (tertiary/aromatic N) is 1. The Bertz CT molecular complexity index is 130. The summed E-state index contributed by atoms with van der Waals surface area (Å²) in [5, 5.41) is 0. The van der Waals surface area contributed by atoms with Crippen LogP contribution in [0.2, 0.25) is 0 Å². The van der Waals surface area contributed by atoms with E-state index in [0.717, 1.165) is 6.54 Å². The molecule has 0 bridgehead atoms. The van der Waals surface area contributed by atoms with Crippen LogP contribution in [0.1, 0.15) is 20.8 Å². The molecule has 0 amide bonds. The third-order valence-electron chi connectivity index (χ3n) is 1.69. The van der Waals surface area contributed by atoms with Crippen LogP contribution in [0.25, 0.3) is 0 Å². The highest BCUT2D eigenvalue weighted by Crippen LogP contribution is 2.06. The quantitative estimate of drug-likeness (QED) is 0.615. The zero-order chi connectivity index (χ0) is 9.02. The van der Waals surface area contributed by atoms with E-state index in [-0.39, 0.29) is 11.8 Å². The fourth-order valence-electron chi connectivity index (χ4n) is 1.21. The summed E-state index contributed by atoms with van der Waals surface area (Å²) in [5.41, 5.74) is 0. The van der Waals surface area contributed by atoms with Crippen LogP contribution in [0, 0.1) is 11.8 Å². The first-order valence-corrected chi connectivity index (χ1v) is 4.13. The monoisotopic (exact) mass is 157 g/mol. The average Bonchev–Trinajstić information content (AvgIpc) is 1.84. The summed E-state index contributed by atoms with van der Waals surface area (Å²) in [6.07, 6.45) is 0. The van der Waals surface area contributed by atoms with Crippen LogP contribution in [-0.4, -0.2) is 31.3 Å². The fourth-order valence-corrected chi connectivity index (χ4v) is 1.21. The van der Waals surface area contributed by atoms with Crippen LogP contribution >= 0.6 is 0 Å². The number of ketones is 1. The van der Waals surface area contributed by atoms with Crippen molar-refractivity contribution in [2.24, 2.45) is 11.8 Å². The molecular weight excluding hydrogens is 138 g/mol. The molecule has 2 nitrogen and oxygen atoms in total. The zero-order valence-electron chi connectivity index (χ0n) is 8.22. The molecule has 0 aromatic heterocycles. The Morgan fingerprint density at radius 1 is 1.27 bits per heavy atom. The zero-order valence-corrected chi connectivity index (χ0v) is 8.22. The smallest absolute Gasteiger partial charge is 0.139 e. The molecule has 0 spiro atoms. The van der Waals surface area contributed by atoms with Crippen molar-refractivity contribution in [1.82, 2.24) is 4.90 Å². The summed E-state index contributed by atoms with van der Waals surface area (Å²) in [4.78, 5) is 13.4. The molecule has 0 aliphatic carbocycles. The van der Waals surface area contributed by atoms with E-state index >= 15 is 0 Å². The maximum Gasteiger partial charge on any atom is 0.139 e. The third-order valence-corrected chi connectivity index (χ3v) is 1.69. The Balaban J connectivity index is 3.83. The molecule has 0 heterocycles. The summed E-state index contributed by atoms with van der Waals surface area (Å²) in [6.45, 7) is 6.75. The van der Waals surface area contributed by atoms with Gasteiger partial charge in [-0.25, -0.2) is 0 Å². The summed E-state index contributed by atoms with van der Waals surface area (Å²) >= 11 is 0. The minimum atomic E-state index is 0.171. The van der Waals surface area contributed by atoms with Crippen molar-refractivity contribution in [1.29, 1.82) is 0 Å². The standard InChI is InChI=1S/C9H19NO/c1-7(2)9(11)8(3)6-10(4)5/h7-8H,6H2,1-5H3. The van der Waals surface area contributed by atoms with Crippen LogP contribution < -0.4 is 0 Å². The van der Waals surface area contributed by atoms with Gasteiger partial charge >= 0.3 is 0 Å². The largest absolute Gasteiger partial charge is 0.309 e. The van der Waals surface area contributed by atoms with E-state index in [2.05, 4.69) is 0 Å². The highest BCUT2D eigenvalue weighted by Gasteiger charge is 2.16. The van der Waals surface area contributed by atoms with Gasteiger partial charge < -0.3 is 4.90 Å².